The molecule has 0 radical (unpaired) electrons. The van der Waals surface area contributed by atoms with Gasteiger partial charge in [-0.25, -0.2) is 4.21 Å². The molecule has 4 N–H and O–H groups in total. The molecule has 2 heterocycles. The number of nitrogens with one attached hydrogen (secondary N) is 3. The zero-order chi connectivity index (χ0) is 22.4. The van der Waals surface area contributed by atoms with Gasteiger partial charge < -0.3 is 15.1 Å². The van der Waals surface area contributed by atoms with Gasteiger partial charge in [-0.05, 0) is 30.5 Å². The van der Waals surface area contributed by atoms with Crippen LogP contribution in [0.2, 0.25) is 0 Å². The van der Waals surface area contributed by atoms with E-state index in [0.717, 1.165) is 22.7 Å². The van der Waals surface area contributed by atoms with E-state index in [4.69, 9.17) is 12.2 Å². The molecule has 2 aromatic rings. The molecule has 30 heavy (non-hydrogen) atoms. The number of hydrogen-bond acceptors (Lipinski definition) is 6. The normalized spacial score (nSPS) is 13.5. The number of hydrogen-bond donors (Lipinski definition) is 4. The summed E-state index contributed by atoms with van der Waals surface area (Å²) in [7, 11) is -1.16. The van der Waals surface area contributed by atoms with Gasteiger partial charge >= 0.3 is 0 Å². The van der Waals surface area contributed by atoms with E-state index in [1.807, 2.05) is 26.0 Å². The van der Waals surface area contributed by atoms with Crippen molar-refractivity contribution >= 4 is 52.0 Å². The van der Waals surface area contributed by atoms with Crippen molar-refractivity contribution in [3.8, 4) is 5.75 Å². The Kier molecular flexibility index (Phi) is 8.75. The molecule has 1 unspecified atom stereocenters. The number of fused-ring (bicyclic) bond motifs is 1. The topological polar surface area (TPSA) is 99.2 Å². The first-order chi connectivity index (χ1) is 14.3. The van der Waals surface area contributed by atoms with Crippen molar-refractivity contribution in [1.29, 1.82) is 0 Å². The highest BCUT2D eigenvalue weighted by Gasteiger charge is 2.21. The SMILES string of the molecule is CC.CC(C)CCn1[nH]c(=S)c(O)c(C2=CSc3cc(NS(C)=O)ccc3N2)c1=O. The van der Waals surface area contributed by atoms with E-state index >= 15 is 0 Å². The summed E-state index contributed by atoms with van der Waals surface area (Å²) in [5.41, 5.74) is 1.86. The molecule has 1 aliphatic heterocycles. The van der Waals surface area contributed by atoms with Crippen molar-refractivity contribution in [3.63, 3.8) is 0 Å². The van der Waals surface area contributed by atoms with Crippen molar-refractivity contribution in [2.45, 2.75) is 45.6 Å². The summed E-state index contributed by atoms with van der Waals surface area (Å²) in [6.07, 6.45) is 2.38. The van der Waals surface area contributed by atoms with Gasteiger partial charge in [0.25, 0.3) is 5.56 Å². The number of rotatable bonds is 6. The maximum Gasteiger partial charge on any atom is 0.278 e. The Bertz CT molecular complexity index is 1070. The third-order valence-electron chi connectivity index (χ3n) is 4.16. The maximum absolute atomic E-state index is 12.9. The van der Waals surface area contributed by atoms with Gasteiger partial charge in [0.2, 0.25) is 0 Å². The average Bonchev–Trinajstić information content (AvgIpc) is 2.71. The van der Waals surface area contributed by atoms with Crippen molar-refractivity contribution in [3.05, 3.63) is 44.2 Å². The third kappa shape index (κ3) is 5.77. The van der Waals surface area contributed by atoms with Crippen molar-refractivity contribution in [2.24, 2.45) is 5.92 Å². The second-order valence-corrected chi connectivity index (χ2v) is 9.28. The summed E-state index contributed by atoms with van der Waals surface area (Å²) in [6, 6.07) is 5.51. The van der Waals surface area contributed by atoms with Crippen LogP contribution >= 0.6 is 24.0 Å². The number of nitrogens with zero attached hydrogens (tertiary/aromatic N) is 1. The molecule has 0 saturated heterocycles. The summed E-state index contributed by atoms with van der Waals surface area (Å²) in [5, 5.41) is 18.2. The average molecular weight is 469 g/mol. The molecule has 10 heteroatoms. The Labute approximate surface area is 188 Å². The maximum atomic E-state index is 12.9. The van der Waals surface area contributed by atoms with Gasteiger partial charge in [-0.3, -0.25) is 14.6 Å². The van der Waals surface area contributed by atoms with Crippen LogP contribution < -0.4 is 15.6 Å². The molecule has 1 atom stereocenters. The highest BCUT2D eigenvalue weighted by atomic mass is 32.2. The van der Waals surface area contributed by atoms with Gasteiger partial charge in [-0.15, -0.1) is 0 Å². The first kappa shape index (κ1) is 24.2. The van der Waals surface area contributed by atoms with Crippen LogP contribution in [0.15, 0.2) is 33.3 Å². The van der Waals surface area contributed by atoms with E-state index in [9.17, 15) is 14.1 Å². The number of benzene rings is 1. The van der Waals surface area contributed by atoms with Gasteiger partial charge in [0, 0.05) is 28.8 Å². The van der Waals surface area contributed by atoms with Crippen molar-refractivity contribution in [2.75, 3.05) is 16.3 Å². The molecule has 1 aromatic heterocycles. The Balaban J connectivity index is 0.00000155. The van der Waals surface area contributed by atoms with E-state index in [-0.39, 0.29) is 21.5 Å². The van der Waals surface area contributed by atoms with Crippen LogP contribution in [0.3, 0.4) is 0 Å². The number of aryl methyl sites for hydroxylation is 1. The lowest BCUT2D eigenvalue weighted by atomic mass is 10.1. The second-order valence-electron chi connectivity index (χ2n) is 6.85. The minimum Gasteiger partial charge on any atom is -0.504 e. The molecule has 0 saturated carbocycles. The second kappa shape index (κ2) is 10.8. The van der Waals surface area contributed by atoms with Gasteiger partial charge in [-0.1, -0.05) is 51.7 Å². The van der Waals surface area contributed by atoms with Crippen LogP contribution in [0.25, 0.3) is 5.70 Å². The van der Waals surface area contributed by atoms with E-state index in [2.05, 4.69) is 29.0 Å². The van der Waals surface area contributed by atoms with Crippen molar-refractivity contribution < 1.29 is 9.32 Å². The zero-order valence-corrected chi connectivity index (χ0v) is 20.2. The highest BCUT2D eigenvalue weighted by molar-refractivity contribution is 8.02. The molecule has 0 bridgehead atoms. The molecule has 0 spiro atoms. The lowest BCUT2D eigenvalue weighted by Crippen LogP contribution is -2.28. The van der Waals surface area contributed by atoms with Crippen LogP contribution in [0.4, 0.5) is 11.4 Å². The number of aromatic amines is 1. The van der Waals surface area contributed by atoms with Gasteiger partial charge in [0.1, 0.15) is 16.5 Å². The Morgan fingerprint density at radius 3 is 2.67 bits per heavy atom. The van der Waals surface area contributed by atoms with Gasteiger partial charge in [0.15, 0.2) is 10.4 Å². The zero-order valence-electron chi connectivity index (χ0n) is 17.7. The molecule has 0 aliphatic carbocycles. The Morgan fingerprint density at radius 1 is 1.33 bits per heavy atom. The number of H-pyrrole nitrogens is 1. The van der Waals surface area contributed by atoms with E-state index in [1.54, 1.807) is 17.7 Å². The van der Waals surface area contributed by atoms with Crippen LogP contribution in [0, 0.1) is 10.6 Å². The molecular weight excluding hydrogens is 440 g/mol. The first-order valence-corrected chi connectivity index (χ1v) is 12.5. The predicted molar refractivity (Wildman–Crippen MR) is 130 cm³/mol. The fourth-order valence-electron chi connectivity index (χ4n) is 2.73. The molecule has 3 rings (SSSR count). The number of anilines is 2. The fourth-order valence-corrected chi connectivity index (χ4v) is 4.27. The smallest absolute Gasteiger partial charge is 0.278 e. The summed E-state index contributed by atoms with van der Waals surface area (Å²) in [6.45, 7) is 8.65. The van der Waals surface area contributed by atoms with Crippen LogP contribution in [0.1, 0.15) is 39.7 Å². The molecule has 1 aliphatic rings. The standard InChI is InChI=1S/C18H22N4O3S3.C2H6/c1-10(2)6-7-22-18(24)15(16(23)17(26)20-22)13-9-27-14-8-11(21-28(3)25)4-5-12(14)19-13;1-2/h4-5,8-10,19,21,23H,6-7H2,1-3H3,(H,20,26);1-2H3. The number of aromatic hydroxyl groups is 1. The number of thioether (sulfide) groups is 1. The molecule has 0 fully saturated rings. The molecule has 1 aromatic carbocycles. The minimum absolute atomic E-state index is 0.127. The molecule has 164 valence electrons. The minimum atomic E-state index is -1.16. The summed E-state index contributed by atoms with van der Waals surface area (Å²) < 4.78 is 15.8. The largest absolute Gasteiger partial charge is 0.504 e. The lowest BCUT2D eigenvalue weighted by molar-refractivity contribution is 0.436. The molecule has 0 amide bonds. The lowest BCUT2D eigenvalue weighted by Gasteiger charge is -2.21. The van der Waals surface area contributed by atoms with E-state index in [1.165, 1.54) is 16.4 Å². The van der Waals surface area contributed by atoms with Crippen LogP contribution in [-0.2, 0) is 17.5 Å². The Morgan fingerprint density at radius 2 is 2.03 bits per heavy atom. The van der Waals surface area contributed by atoms with Crippen LogP contribution in [-0.4, -0.2) is 25.4 Å². The molecular formula is C20H28N4O3S3. The quantitative estimate of drug-likeness (QED) is 0.450. The summed E-state index contributed by atoms with van der Waals surface area (Å²) in [5.74, 6) is 0.198. The summed E-state index contributed by atoms with van der Waals surface area (Å²) >= 11 is 6.62. The predicted octanol–water partition coefficient (Wildman–Crippen LogP) is 4.91. The summed E-state index contributed by atoms with van der Waals surface area (Å²) in [4.78, 5) is 13.8. The van der Waals surface area contributed by atoms with Crippen LogP contribution in [0.5, 0.6) is 5.75 Å². The van der Waals surface area contributed by atoms with Gasteiger partial charge in [0.05, 0.1) is 11.4 Å². The monoisotopic (exact) mass is 468 g/mol. The van der Waals surface area contributed by atoms with Crippen molar-refractivity contribution in [1.82, 2.24) is 9.78 Å². The fraction of sp³-hybridized carbons (Fsp3) is 0.400. The number of aromatic nitrogens is 2. The van der Waals surface area contributed by atoms with Gasteiger partial charge in [-0.2, -0.15) is 0 Å². The Hall–Kier alpha value is -2.04. The first-order valence-electron chi connectivity index (χ1n) is 9.70. The van der Waals surface area contributed by atoms with E-state index in [0.29, 0.717) is 18.2 Å². The van der Waals surface area contributed by atoms with E-state index < -0.39 is 11.0 Å². The molecule has 7 nitrogen and oxygen atoms in total. The third-order valence-corrected chi connectivity index (χ3v) is 5.92. The highest BCUT2D eigenvalue weighted by Crippen LogP contribution is 2.39.